The molecule has 1 N–H and O–H groups in total. The molecule has 1 rings (SSSR count). The molecular formula is C40H74OS2. The summed E-state index contributed by atoms with van der Waals surface area (Å²) in [5.41, 5.74) is 3.85. The van der Waals surface area contributed by atoms with E-state index in [4.69, 9.17) is 0 Å². The summed E-state index contributed by atoms with van der Waals surface area (Å²) in [5.74, 6) is 2.35. The number of phenolic OH excluding ortho intramolecular Hbond substituents is 1. The van der Waals surface area contributed by atoms with E-state index < -0.39 is 0 Å². The first-order valence-corrected chi connectivity index (χ1v) is 20.5. The second-order valence-corrected chi connectivity index (χ2v) is 18.7. The van der Waals surface area contributed by atoms with Gasteiger partial charge in [0.1, 0.15) is 5.75 Å². The van der Waals surface area contributed by atoms with E-state index in [1.165, 1.54) is 134 Å². The molecule has 43 heavy (non-hydrogen) atoms. The van der Waals surface area contributed by atoms with Gasteiger partial charge in [-0.25, -0.2) is 0 Å². The third kappa shape index (κ3) is 18.5. The van der Waals surface area contributed by atoms with Crippen LogP contribution in [0, 0.1) is 0 Å². The minimum Gasteiger partial charge on any atom is -0.507 e. The normalized spacial score (nSPS) is 12.8. The molecule has 252 valence electrons. The Kier molecular flexibility index (Phi) is 21.1. The lowest BCUT2D eigenvalue weighted by Gasteiger charge is -2.29. The van der Waals surface area contributed by atoms with Crippen molar-refractivity contribution in [2.45, 2.75) is 217 Å². The number of aromatic hydroxyl groups is 1. The van der Waals surface area contributed by atoms with Gasteiger partial charge in [-0.2, -0.15) is 23.5 Å². The lowest BCUT2D eigenvalue weighted by atomic mass is 9.79. The van der Waals surface area contributed by atoms with Crippen molar-refractivity contribution in [3.05, 3.63) is 28.8 Å². The van der Waals surface area contributed by atoms with Crippen LogP contribution in [0.15, 0.2) is 12.1 Å². The fourth-order valence-electron chi connectivity index (χ4n) is 6.04. The van der Waals surface area contributed by atoms with Gasteiger partial charge in [-0.1, -0.05) is 184 Å². The van der Waals surface area contributed by atoms with Crippen LogP contribution < -0.4 is 0 Å². The molecule has 0 atom stereocenters. The van der Waals surface area contributed by atoms with Gasteiger partial charge in [-0.15, -0.1) is 0 Å². The van der Waals surface area contributed by atoms with E-state index in [1.807, 2.05) is 23.5 Å². The molecule has 0 aliphatic carbocycles. The number of rotatable bonds is 27. The molecule has 0 heterocycles. The second kappa shape index (κ2) is 22.3. The fraction of sp³-hybridized carbons (Fsp3) is 0.850. The summed E-state index contributed by atoms with van der Waals surface area (Å²) in [4.78, 5) is 0. The molecule has 0 spiro atoms. The van der Waals surface area contributed by atoms with Crippen LogP contribution >= 0.6 is 23.5 Å². The number of hydrogen-bond donors (Lipinski definition) is 1. The van der Waals surface area contributed by atoms with Crippen molar-refractivity contribution >= 4 is 23.5 Å². The molecule has 0 aliphatic rings. The SMILES string of the molecule is CCCCCCCCCC(C)(C)SCc1cc(C(C)(C)CCCCC)cc(CSC(C)(C)CCCCCCCCC)c1O. The standard InChI is InChI=1S/C40H74OS2/c1-10-13-16-18-20-22-25-28-39(6,7)42-32-34-30-36(38(4,5)27-24-15-12-3)31-35(37(34)41)33-43-40(8,9)29-26-23-21-19-17-14-11-2/h30-31,41H,10-29,32-33H2,1-9H3. The Bertz CT molecular complexity index is 786. The molecule has 0 fully saturated rings. The third-order valence-corrected chi connectivity index (χ3v) is 12.3. The molecule has 0 saturated heterocycles. The van der Waals surface area contributed by atoms with Crippen LogP contribution in [0.5, 0.6) is 5.75 Å². The van der Waals surface area contributed by atoms with E-state index in [1.54, 1.807) is 0 Å². The zero-order valence-corrected chi connectivity index (χ0v) is 32.1. The zero-order chi connectivity index (χ0) is 32.2. The van der Waals surface area contributed by atoms with Crippen LogP contribution in [0.2, 0.25) is 0 Å². The Labute approximate surface area is 279 Å². The Morgan fingerprint density at radius 3 is 1.21 bits per heavy atom. The molecular weight excluding hydrogens is 561 g/mol. The highest BCUT2D eigenvalue weighted by molar-refractivity contribution is 8.00. The quantitative estimate of drug-likeness (QED) is 0.0972. The molecule has 0 aliphatic heterocycles. The van der Waals surface area contributed by atoms with Gasteiger partial charge in [0.2, 0.25) is 0 Å². The van der Waals surface area contributed by atoms with Crippen molar-refractivity contribution in [3.8, 4) is 5.75 Å². The Morgan fingerprint density at radius 2 is 0.814 bits per heavy atom. The molecule has 3 heteroatoms. The fourth-order valence-corrected chi connectivity index (χ4v) is 8.15. The smallest absolute Gasteiger partial charge is 0.123 e. The monoisotopic (exact) mass is 635 g/mol. The van der Waals surface area contributed by atoms with Gasteiger partial charge in [-0.05, 0) is 30.2 Å². The number of benzene rings is 1. The first-order chi connectivity index (χ1) is 20.4. The third-order valence-electron chi connectivity index (χ3n) is 9.46. The molecule has 0 saturated carbocycles. The average molecular weight is 635 g/mol. The first-order valence-electron chi connectivity index (χ1n) is 18.5. The van der Waals surface area contributed by atoms with Crippen molar-refractivity contribution in [1.29, 1.82) is 0 Å². The highest BCUT2D eigenvalue weighted by Crippen LogP contribution is 2.42. The van der Waals surface area contributed by atoms with Crippen LogP contribution in [0.3, 0.4) is 0 Å². The van der Waals surface area contributed by atoms with Crippen molar-refractivity contribution in [3.63, 3.8) is 0 Å². The molecule has 0 amide bonds. The van der Waals surface area contributed by atoms with Gasteiger partial charge < -0.3 is 5.11 Å². The minimum absolute atomic E-state index is 0.127. The van der Waals surface area contributed by atoms with E-state index in [-0.39, 0.29) is 14.9 Å². The van der Waals surface area contributed by atoms with E-state index in [0.717, 1.165) is 22.6 Å². The summed E-state index contributed by atoms with van der Waals surface area (Å²) in [6.45, 7) is 21.3. The molecule has 0 bridgehead atoms. The van der Waals surface area contributed by atoms with Crippen molar-refractivity contribution in [2.24, 2.45) is 0 Å². The minimum atomic E-state index is 0.127. The Balaban J connectivity index is 2.90. The first kappa shape index (κ1) is 40.7. The summed E-state index contributed by atoms with van der Waals surface area (Å²) in [6, 6.07) is 4.71. The number of hydrogen-bond acceptors (Lipinski definition) is 3. The largest absolute Gasteiger partial charge is 0.507 e. The molecule has 1 nitrogen and oxygen atoms in total. The Hall–Kier alpha value is -0.280. The van der Waals surface area contributed by atoms with Gasteiger partial charge in [0.05, 0.1) is 0 Å². The summed E-state index contributed by atoms with van der Waals surface area (Å²) in [6.07, 6.45) is 26.7. The summed E-state index contributed by atoms with van der Waals surface area (Å²) >= 11 is 4.09. The van der Waals surface area contributed by atoms with Crippen LogP contribution in [0.25, 0.3) is 0 Å². The van der Waals surface area contributed by atoms with E-state index in [2.05, 4.69) is 74.4 Å². The summed E-state index contributed by atoms with van der Waals surface area (Å²) < 4.78 is 0.464. The maximum atomic E-state index is 11.6. The predicted molar refractivity (Wildman–Crippen MR) is 201 cm³/mol. The lowest BCUT2D eigenvalue weighted by molar-refractivity contribution is 0.443. The number of thioether (sulfide) groups is 2. The van der Waals surface area contributed by atoms with Crippen molar-refractivity contribution in [2.75, 3.05) is 0 Å². The number of phenols is 1. The van der Waals surface area contributed by atoms with Crippen LogP contribution in [-0.4, -0.2) is 14.6 Å². The molecule has 1 aromatic carbocycles. The maximum absolute atomic E-state index is 11.6. The highest BCUT2D eigenvalue weighted by Gasteiger charge is 2.26. The van der Waals surface area contributed by atoms with Gasteiger partial charge in [-0.3, -0.25) is 0 Å². The van der Waals surface area contributed by atoms with E-state index >= 15 is 0 Å². The van der Waals surface area contributed by atoms with Crippen molar-refractivity contribution < 1.29 is 5.11 Å². The molecule has 0 radical (unpaired) electrons. The maximum Gasteiger partial charge on any atom is 0.123 e. The van der Waals surface area contributed by atoms with E-state index in [9.17, 15) is 5.11 Å². The zero-order valence-electron chi connectivity index (χ0n) is 30.5. The predicted octanol–water partition coefficient (Wildman–Crippen LogP) is 14.6. The molecule has 0 unspecified atom stereocenters. The van der Waals surface area contributed by atoms with Gasteiger partial charge >= 0.3 is 0 Å². The van der Waals surface area contributed by atoms with Gasteiger partial charge in [0, 0.05) is 32.1 Å². The van der Waals surface area contributed by atoms with Crippen LogP contribution in [0.4, 0.5) is 0 Å². The second-order valence-electron chi connectivity index (χ2n) is 15.3. The van der Waals surface area contributed by atoms with Gasteiger partial charge in [0.25, 0.3) is 0 Å². The topological polar surface area (TPSA) is 20.2 Å². The van der Waals surface area contributed by atoms with Crippen LogP contribution in [-0.2, 0) is 16.9 Å². The lowest BCUT2D eigenvalue weighted by Crippen LogP contribution is -2.19. The molecule has 0 aromatic heterocycles. The Morgan fingerprint density at radius 1 is 0.488 bits per heavy atom. The van der Waals surface area contributed by atoms with Crippen molar-refractivity contribution in [1.82, 2.24) is 0 Å². The number of unbranched alkanes of at least 4 members (excludes halogenated alkanes) is 14. The van der Waals surface area contributed by atoms with E-state index in [0.29, 0.717) is 5.75 Å². The molecule has 1 aromatic rings. The average Bonchev–Trinajstić information content (AvgIpc) is 2.95. The van der Waals surface area contributed by atoms with Gasteiger partial charge in [0.15, 0.2) is 0 Å². The van der Waals surface area contributed by atoms with Crippen LogP contribution in [0.1, 0.15) is 207 Å². The summed E-state index contributed by atoms with van der Waals surface area (Å²) in [5, 5.41) is 11.6. The summed E-state index contributed by atoms with van der Waals surface area (Å²) in [7, 11) is 0. The highest BCUT2D eigenvalue weighted by atomic mass is 32.2.